The Bertz CT molecular complexity index is 927. The van der Waals surface area contributed by atoms with Crippen LogP contribution in [0.2, 0.25) is 5.02 Å². The van der Waals surface area contributed by atoms with Crippen molar-refractivity contribution in [3.05, 3.63) is 52.0 Å². The average molecular weight is 388 g/mol. The molecule has 2 aromatic carbocycles. The number of ketones is 1. The standard InChI is InChI=1S/C16H6ClF4NO2S/c17-8-3-7(6-22)4-9(5-8)24-11-2-1-10-13(12(11)15(18)19)25-16(20,21)14(10)23/h1-5,15H. The molecule has 0 aliphatic carbocycles. The summed E-state index contributed by atoms with van der Waals surface area (Å²) in [6.07, 6.45) is -3.14. The van der Waals surface area contributed by atoms with E-state index in [0.29, 0.717) is 0 Å². The van der Waals surface area contributed by atoms with Crippen molar-refractivity contribution in [2.75, 3.05) is 0 Å². The van der Waals surface area contributed by atoms with Gasteiger partial charge in [-0.2, -0.15) is 14.0 Å². The number of halogens is 5. The molecule has 1 heterocycles. The number of ether oxygens (including phenoxy) is 1. The van der Waals surface area contributed by atoms with E-state index in [1.807, 2.05) is 6.07 Å². The normalized spacial score (nSPS) is 15.2. The van der Waals surface area contributed by atoms with Crippen LogP contribution in [0.1, 0.15) is 27.9 Å². The Balaban J connectivity index is 2.09. The Hall–Kier alpha value is -2.24. The van der Waals surface area contributed by atoms with Gasteiger partial charge >= 0.3 is 5.25 Å². The lowest BCUT2D eigenvalue weighted by Gasteiger charge is -2.14. The lowest BCUT2D eigenvalue weighted by atomic mass is 10.1. The summed E-state index contributed by atoms with van der Waals surface area (Å²) in [5, 5.41) is 5.25. The first-order valence-corrected chi connectivity index (χ1v) is 7.87. The highest BCUT2D eigenvalue weighted by atomic mass is 35.5. The van der Waals surface area contributed by atoms with Crippen LogP contribution in [0, 0.1) is 11.3 Å². The van der Waals surface area contributed by atoms with Crippen molar-refractivity contribution in [1.29, 1.82) is 5.26 Å². The lowest BCUT2D eigenvalue weighted by Crippen LogP contribution is -2.18. The fourth-order valence-corrected chi connectivity index (χ4v) is 3.56. The number of nitrogens with zero attached hydrogens (tertiary/aromatic N) is 1. The van der Waals surface area contributed by atoms with Crippen molar-refractivity contribution >= 4 is 29.1 Å². The molecule has 0 aromatic heterocycles. The molecule has 0 bridgehead atoms. The second kappa shape index (κ2) is 6.24. The summed E-state index contributed by atoms with van der Waals surface area (Å²) in [4.78, 5) is 11.1. The summed E-state index contributed by atoms with van der Waals surface area (Å²) in [5.41, 5.74) is -1.13. The average Bonchev–Trinajstić information content (AvgIpc) is 2.75. The molecule has 0 atom stereocenters. The Morgan fingerprint density at radius 3 is 2.60 bits per heavy atom. The molecule has 0 fully saturated rings. The highest BCUT2D eigenvalue weighted by Crippen LogP contribution is 2.53. The van der Waals surface area contributed by atoms with Gasteiger partial charge in [0.1, 0.15) is 11.5 Å². The number of fused-ring (bicyclic) bond motifs is 1. The predicted molar refractivity (Wildman–Crippen MR) is 82.8 cm³/mol. The van der Waals surface area contributed by atoms with Gasteiger partial charge in [-0.25, -0.2) is 8.78 Å². The molecule has 0 amide bonds. The van der Waals surface area contributed by atoms with Crippen LogP contribution in [0.4, 0.5) is 17.6 Å². The molecular weight excluding hydrogens is 382 g/mol. The molecule has 2 aromatic rings. The van der Waals surface area contributed by atoms with Crippen molar-refractivity contribution in [3.63, 3.8) is 0 Å². The first-order chi connectivity index (χ1) is 11.7. The first-order valence-electron chi connectivity index (χ1n) is 6.68. The highest BCUT2D eigenvalue weighted by molar-refractivity contribution is 8.01. The topological polar surface area (TPSA) is 50.1 Å². The number of rotatable bonds is 3. The minimum Gasteiger partial charge on any atom is -0.457 e. The van der Waals surface area contributed by atoms with Gasteiger partial charge in [0, 0.05) is 15.5 Å². The minimum atomic E-state index is -3.80. The molecule has 0 spiro atoms. The van der Waals surface area contributed by atoms with Gasteiger partial charge in [-0.05, 0) is 42.1 Å². The molecule has 0 radical (unpaired) electrons. The summed E-state index contributed by atoms with van der Waals surface area (Å²) in [7, 11) is 0. The molecule has 9 heteroatoms. The molecule has 0 saturated heterocycles. The fraction of sp³-hybridized carbons (Fsp3) is 0.125. The van der Waals surface area contributed by atoms with E-state index in [0.717, 1.165) is 12.1 Å². The Labute approximate surface area is 148 Å². The van der Waals surface area contributed by atoms with Gasteiger partial charge in [0.15, 0.2) is 0 Å². The maximum absolute atomic E-state index is 13.6. The van der Waals surface area contributed by atoms with E-state index in [-0.39, 0.29) is 28.1 Å². The third-order valence-electron chi connectivity index (χ3n) is 3.34. The van der Waals surface area contributed by atoms with Crippen LogP contribution < -0.4 is 4.74 Å². The highest BCUT2D eigenvalue weighted by Gasteiger charge is 2.50. The van der Waals surface area contributed by atoms with Crippen LogP contribution in [0.3, 0.4) is 0 Å². The number of carbonyl (C=O) groups excluding carboxylic acids is 1. The number of benzene rings is 2. The van der Waals surface area contributed by atoms with Crippen LogP contribution in [-0.4, -0.2) is 11.0 Å². The summed E-state index contributed by atoms with van der Waals surface area (Å²) >= 11 is 5.59. The molecule has 0 saturated carbocycles. The van der Waals surface area contributed by atoms with Gasteiger partial charge in [-0.15, -0.1) is 0 Å². The number of hydrogen-bond donors (Lipinski definition) is 0. The number of thioether (sulfide) groups is 1. The molecular formula is C16H6ClF4NO2S. The van der Waals surface area contributed by atoms with Crippen LogP contribution in [0.25, 0.3) is 0 Å². The van der Waals surface area contributed by atoms with Crippen molar-refractivity contribution in [1.82, 2.24) is 0 Å². The molecule has 1 aliphatic rings. The first kappa shape index (κ1) is 17.6. The summed E-state index contributed by atoms with van der Waals surface area (Å²) in [6.45, 7) is 0. The van der Waals surface area contributed by atoms with Gasteiger partial charge in [-0.3, -0.25) is 4.79 Å². The van der Waals surface area contributed by atoms with Crippen LogP contribution in [0.15, 0.2) is 35.2 Å². The number of alkyl halides is 4. The van der Waals surface area contributed by atoms with E-state index < -0.39 is 39.2 Å². The lowest BCUT2D eigenvalue weighted by molar-refractivity contribution is 0.0582. The molecule has 128 valence electrons. The van der Waals surface area contributed by atoms with E-state index in [9.17, 15) is 22.4 Å². The number of nitriles is 1. The van der Waals surface area contributed by atoms with E-state index >= 15 is 0 Å². The van der Waals surface area contributed by atoms with E-state index in [2.05, 4.69) is 0 Å². The van der Waals surface area contributed by atoms with Crippen molar-refractivity contribution in [2.45, 2.75) is 16.6 Å². The largest absolute Gasteiger partial charge is 0.457 e. The summed E-state index contributed by atoms with van der Waals surface area (Å²) in [5.74, 6) is -1.92. The van der Waals surface area contributed by atoms with Crippen LogP contribution in [0.5, 0.6) is 11.5 Å². The molecule has 25 heavy (non-hydrogen) atoms. The maximum atomic E-state index is 13.6. The van der Waals surface area contributed by atoms with Crippen molar-refractivity contribution in [2.24, 2.45) is 0 Å². The quantitative estimate of drug-likeness (QED) is 0.622. The maximum Gasteiger partial charge on any atom is 0.360 e. The van der Waals surface area contributed by atoms with E-state index in [1.54, 1.807) is 0 Å². The van der Waals surface area contributed by atoms with E-state index in [4.69, 9.17) is 21.6 Å². The molecule has 3 rings (SSSR count). The Morgan fingerprint density at radius 1 is 1.24 bits per heavy atom. The number of Topliss-reactive ketones (excluding diaryl/α,β-unsaturated/α-hetero) is 1. The second-order valence-electron chi connectivity index (χ2n) is 4.99. The third kappa shape index (κ3) is 3.17. The van der Waals surface area contributed by atoms with Crippen LogP contribution in [-0.2, 0) is 0 Å². The SMILES string of the molecule is N#Cc1cc(Cl)cc(Oc2ccc3c(c2C(F)F)SC(F)(F)C3=O)c1. The zero-order valence-corrected chi connectivity index (χ0v) is 13.6. The summed E-state index contributed by atoms with van der Waals surface area (Å²) < 4.78 is 59.4. The zero-order valence-electron chi connectivity index (χ0n) is 12.0. The Kier molecular flexibility index (Phi) is 4.39. The monoisotopic (exact) mass is 387 g/mol. The van der Waals surface area contributed by atoms with Gasteiger partial charge in [0.05, 0.1) is 17.2 Å². The molecule has 1 aliphatic heterocycles. The van der Waals surface area contributed by atoms with Gasteiger partial charge in [0.25, 0.3) is 6.43 Å². The van der Waals surface area contributed by atoms with Crippen molar-refractivity contribution in [3.8, 4) is 17.6 Å². The molecule has 3 nitrogen and oxygen atoms in total. The van der Waals surface area contributed by atoms with Gasteiger partial charge in [0.2, 0.25) is 5.78 Å². The molecule has 0 unspecified atom stereocenters. The van der Waals surface area contributed by atoms with Gasteiger partial charge in [-0.1, -0.05) is 11.6 Å². The second-order valence-corrected chi connectivity index (χ2v) is 6.55. The molecule has 0 N–H and O–H groups in total. The fourth-order valence-electron chi connectivity index (χ4n) is 2.31. The zero-order chi connectivity index (χ0) is 18.4. The minimum absolute atomic E-state index is 0.00742. The number of hydrogen-bond acceptors (Lipinski definition) is 4. The smallest absolute Gasteiger partial charge is 0.360 e. The van der Waals surface area contributed by atoms with Crippen LogP contribution >= 0.6 is 23.4 Å². The van der Waals surface area contributed by atoms with Crippen molar-refractivity contribution < 1.29 is 27.1 Å². The predicted octanol–water partition coefficient (Wildman–Crippen LogP) is 5.82. The van der Waals surface area contributed by atoms with E-state index in [1.165, 1.54) is 18.2 Å². The van der Waals surface area contributed by atoms with Gasteiger partial charge < -0.3 is 4.74 Å². The summed E-state index contributed by atoms with van der Waals surface area (Å²) in [6, 6.07) is 7.77. The third-order valence-corrected chi connectivity index (χ3v) is 4.65. The number of carbonyl (C=O) groups is 1. The Morgan fingerprint density at radius 2 is 1.96 bits per heavy atom.